The molecule has 0 bridgehead atoms. The van der Waals surface area contributed by atoms with Gasteiger partial charge in [0, 0.05) is 5.56 Å². The fourth-order valence-corrected chi connectivity index (χ4v) is 3.28. The van der Waals surface area contributed by atoms with Crippen LogP contribution in [0.5, 0.6) is 0 Å². The van der Waals surface area contributed by atoms with Gasteiger partial charge in [0.1, 0.15) is 6.29 Å². The number of hydrogen-bond acceptors (Lipinski definition) is 1. The van der Waals surface area contributed by atoms with E-state index in [9.17, 15) is 4.79 Å². The van der Waals surface area contributed by atoms with Gasteiger partial charge in [0.25, 0.3) is 0 Å². The van der Waals surface area contributed by atoms with Gasteiger partial charge in [-0.05, 0) is 42.2 Å². The van der Waals surface area contributed by atoms with E-state index in [1.54, 1.807) is 0 Å². The number of benzene rings is 1. The summed E-state index contributed by atoms with van der Waals surface area (Å²) in [5, 5.41) is 0. The number of hydrogen-bond donors (Lipinski definition) is 0. The van der Waals surface area contributed by atoms with Crippen molar-refractivity contribution in [3.05, 3.63) is 35.4 Å². The maximum absolute atomic E-state index is 10.8. The van der Waals surface area contributed by atoms with Crippen LogP contribution in [0.4, 0.5) is 0 Å². The van der Waals surface area contributed by atoms with E-state index in [2.05, 4.69) is 26.0 Å². The highest BCUT2D eigenvalue weighted by atomic mass is 16.1. The molecule has 1 aromatic carbocycles. The van der Waals surface area contributed by atoms with E-state index in [4.69, 9.17) is 0 Å². The van der Waals surface area contributed by atoms with Crippen LogP contribution in [0, 0.1) is 11.8 Å². The molecule has 1 aliphatic carbocycles. The van der Waals surface area contributed by atoms with Crippen LogP contribution in [0.1, 0.15) is 67.8 Å². The summed E-state index contributed by atoms with van der Waals surface area (Å²) in [5.74, 6) is 2.34. The summed E-state index contributed by atoms with van der Waals surface area (Å²) >= 11 is 0. The third-order valence-corrected chi connectivity index (χ3v) is 4.75. The van der Waals surface area contributed by atoms with Gasteiger partial charge in [-0.1, -0.05) is 51.3 Å². The van der Waals surface area contributed by atoms with Crippen LogP contribution in [0.25, 0.3) is 0 Å². The van der Waals surface area contributed by atoms with Crippen molar-refractivity contribution in [2.24, 2.45) is 11.8 Å². The second kappa shape index (κ2) is 6.17. The third-order valence-electron chi connectivity index (χ3n) is 4.75. The molecule has 1 atom stereocenters. The van der Waals surface area contributed by atoms with Crippen molar-refractivity contribution in [1.29, 1.82) is 0 Å². The normalized spacial score (nSPS) is 25.7. The van der Waals surface area contributed by atoms with Crippen molar-refractivity contribution < 1.29 is 4.79 Å². The average molecular weight is 244 g/mol. The van der Waals surface area contributed by atoms with E-state index in [-0.39, 0.29) is 0 Å². The minimum atomic E-state index is 0.586. The van der Waals surface area contributed by atoms with Gasteiger partial charge in [0.15, 0.2) is 0 Å². The molecule has 0 N–H and O–H groups in total. The first-order chi connectivity index (χ1) is 8.74. The van der Waals surface area contributed by atoms with Crippen LogP contribution >= 0.6 is 0 Å². The Morgan fingerprint density at radius 1 is 1.28 bits per heavy atom. The zero-order valence-corrected chi connectivity index (χ0v) is 11.6. The zero-order chi connectivity index (χ0) is 13.0. The van der Waals surface area contributed by atoms with Crippen LogP contribution in [0.15, 0.2) is 24.3 Å². The molecule has 0 spiro atoms. The summed E-state index contributed by atoms with van der Waals surface area (Å²) < 4.78 is 0. The molecule has 1 aromatic rings. The molecule has 1 unspecified atom stereocenters. The molecule has 0 amide bonds. The highest BCUT2D eigenvalue weighted by molar-refractivity contribution is 5.75. The predicted molar refractivity (Wildman–Crippen MR) is 76.0 cm³/mol. The van der Waals surface area contributed by atoms with E-state index in [0.717, 1.165) is 23.7 Å². The Labute approximate surface area is 111 Å². The molecule has 1 aliphatic rings. The summed E-state index contributed by atoms with van der Waals surface area (Å²) in [4.78, 5) is 10.8. The largest absolute Gasteiger partial charge is 0.298 e. The Hall–Kier alpha value is -1.11. The van der Waals surface area contributed by atoms with Gasteiger partial charge in [0.2, 0.25) is 0 Å². The molecular formula is C17H24O. The summed E-state index contributed by atoms with van der Waals surface area (Å²) in [6, 6.07) is 8.12. The standard InChI is InChI=1S/C17H24O/c1-3-14-7-9-16(10-8-14)13(2)17-6-4-5-15(11-17)12-18/h4-6,11-14,16H,3,7-10H2,1-2H3. The molecule has 1 heteroatoms. The van der Waals surface area contributed by atoms with E-state index >= 15 is 0 Å². The Morgan fingerprint density at radius 2 is 2.00 bits per heavy atom. The lowest BCUT2D eigenvalue weighted by atomic mass is 9.73. The van der Waals surface area contributed by atoms with E-state index in [1.165, 1.54) is 37.7 Å². The highest BCUT2D eigenvalue weighted by Crippen LogP contribution is 2.38. The maximum Gasteiger partial charge on any atom is 0.150 e. The lowest BCUT2D eigenvalue weighted by Crippen LogP contribution is -2.18. The molecule has 0 aromatic heterocycles. The summed E-state index contributed by atoms with van der Waals surface area (Å²) in [5.41, 5.74) is 2.14. The Kier molecular flexibility index (Phi) is 4.57. The highest BCUT2D eigenvalue weighted by Gasteiger charge is 2.25. The fraction of sp³-hybridized carbons (Fsp3) is 0.588. The Bertz CT molecular complexity index is 388. The van der Waals surface area contributed by atoms with Gasteiger partial charge in [-0.15, -0.1) is 0 Å². The van der Waals surface area contributed by atoms with Gasteiger partial charge in [-0.25, -0.2) is 0 Å². The molecule has 18 heavy (non-hydrogen) atoms. The van der Waals surface area contributed by atoms with Gasteiger partial charge >= 0.3 is 0 Å². The SMILES string of the molecule is CCC1CCC(C(C)c2cccc(C=O)c2)CC1. The van der Waals surface area contributed by atoms with Gasteiger partial charge < -0.3 is 0 Å². The topological polar surface area (TPSA) is 17.1 Å². The molecule has 2 rings (SSSR count). The van der Waals surface area contributed by atoms with Gasteiger partial charge in [-0.2, -0.15) is 0 Å². The Balaban J connectivity index is 2.02. The number of aldehydes is 1. The van der Waals surface area contributed by atoms with Crippen LogP contribution in [-0.4, -0.2) is 6.29 Å². The first kappa shape index (κ1) is 13.3. The first-order valence-electron chi connectivity index (χ1n) is 7.29. The lowest BCUT2D eigenvalue weighted by molar-refractivity contribution is 0.112. The second-order valence-electron chi connectivity index (χ2n) is 5.77. The number of carbonyl (C=O) groups excluding carboxylic acids is 1. The molecule has 1 nitrogen and oxygen atoms in total. The monoisotopic (exact) mass is 244 g/mol. The van der Waals surface area contributed by atoms with Gasteiger partial charge in [-0.3, -0.25) is 4.79 Å². The number of rotatable bonds is 4. The van der Waals surface area contributed by atoms with Crippen molar-refractivity contribution >= 4 is 6.29 Å². The molecule has 0 heterocycles. The molecule has 98 valence electrons. The Morgan fingerprint density at radius 3 is 2.61 bits per heavy atom. The molecule has 0 radical (unpaired) electrons. The number of carbonyl (C=O) groups is 1. The first-order valence-corrected chi connectivity index (χ1v) is 7.29. The average Bonchev–Trinajstić information content (AvgIpc) is 2.46. The van der Waals surface area contributed by atoms with Crippen LogP contribution in [-0.2, 0) is 0 Å². The maximum atomic E-state index is 10.8. The molecule has 0 saturated heterocycles. The molecule has 0 aliphatic heterocycles. The minimum absolute atomic E-state index is 0.586. The van der Waals surface area contributed by atoms with Crippen LogP contribution in [0.3, 0.4) is 0 Å². The van der Waals surface area contributed by atoms with Crippen molar-refractivity contribution in [3.63, 3.8) is 0 Å². The van der Waals surface area contributed by atoms with Crippen molar-refractivity contribution in [3.8, 4) is 0 Å². The molecular weight excluding hydrogens is 220 g/mol. The quantitative estimate of drug-likeness (QED) is 0.694. The smallest absolute Gasteiger partial charge is 0.150 e. The van der Waals surface area contributed by atoms with Crippen molar-refractivity contribution in [1.82, 2.24) is 0 Å². The van der Waals surface area contributed by atoms with E-state index in [1.807, 2.05) is 12.1 Å². The summed E-state index contributed by atoms with van der Waals surface area (Å²) in [6.07, 6.45) is 7.76. The van der Waals surface area contributed by atoms with Crippen LogP contribution in [0.2, 0.25) is 0 Å². The summed E-state index contributed by atoms with van der Waals surface area (Å²) in [6.45, 7) is 4.63. The minimum Gasteiger partial charge on any atom is -0.298 e. The van der Waals surface area contributed by atoms with Crippen LogP contribution < -0.4 is 0 Å². The fourth-order valence-electron chi connectivity index (χ4n) is 3.28. The van der Waals surface area contributed by atoms with Crippen molar-refractivity contribution in [2.75, 3.05) is 0 Å². The van der Waals surface area contributed by atoms with E-state index < -0.39 is 0 Å². The van der Waals surface area contributed by atoms with E-state index in [0.29, 0.717) is 5.92 Å². The van der Waals surface area contributed by atoms with Gasteiger partial charge in [0.05, 0.1) is 0 Å². The lowest BCUT2D eigenvalue weighted by Gasteiger charge is -2.32. The third kappa shape index (κ3) is 3.01. The predicted octanol–water partition coefficient (Wildman–Crippen LogP) is 4.82. The second-order valence-corrected chi connectivity index (χ2v) is 5.77. The summed E-state index contributed by atoms with van der Waals surface area (Å²) in [7, 11) is 0. The molecule has 1 fully saturated rings. The zero-order valence-electron chi connectivity index (χ0n) is 11.6. The molecule has 1 saturated carbocycles. The van der Waals surface area contributed by atoms with Crippen molar-refractivity contribution in [2.45, 2.75) is 51.9 Å².